The Kier molecular flexibility index (Phi) is 5.23. The number of carbonyl (C=O) groups is 1. The van der Waals surface area contributed by atoms with E-state index in [4.69, 9.17) is 4.74 Å². The molecule has 3 rings (SSSR count). The molecular formula is C23H20N2O2. The summed E-state index contributed by atoms with van der Waals surface area (Å²) in [7, 11) is 1.59. The Morgan fingerprint density at radius 2 is 1.59 bits per heavy atom. The Morgan fingerprint density at radius 3 is 2.19 bits per heavy atom. The Hall–Kier alpha value is -3.58. The fraction of sp³-hybridized carbons (Fsp3) is 0.130. The normalized spacial score (nSPS) is 12.5. The Bertz CT molecular complexity index is 975. The number of methoxy groups -OCH3 is 1. The molecule has 1 N–H and O–H groups in total. The number of hydrogen-bond acceptors (Lipinski definition) is 3. The molecule has 1 unspecified atom stereocenters. The van der Waals surface area contributed by atoms with E-state index in [9.17, 15) is 10.1 Å². The Morgan fingerprint density at radius 1 is 0.963 bits per heavy atom. The van der Waals surface area contributed by atoms with Crippen LogP contribution in [0.3, 0.4) is 0 Å². The molecule has 0 aliphatic rings. The second-order valence-corrected chi connectivity index (χ2v) is 6.23. The predicted molar refractivity (Wildman–Crippen MR) is 106 cm³/mol. The highest BCUT2D eigenvalue weighted by atomic mass is 16.5. The molecule has 0 aliphatic heterocycles. The van der Waals surface area contributed by atoms with Gasteiger partial charge in [-0.25, -0.2) is 0 Å². The van der Waals surface area contributed by atoms with Crippen LogP contribution < -0.4 is 10.1 Å². The van der Waals surface area contributed by atoms with Crippen LogP contribution in [0.1, 0.15) is 16.7 Å². The molecule has 4 heteroatoms. The van der Waals surface area contributed by atoms with Gasteiger partial charge in [0.05, 0.1) is 13.2 Å². The topological polar surface area (TPSA) is 62.1 Å². The largest absolute Gasteiger partial charge is 0.497 e. The third-order valence-corrected chi connectivity index (χ3v) is 4.61. The molecule has 1 atom stereocenters. The van der Waals surface area contributed by atoms with Crippen LogP contribution in [0, 0.1) is 18.3 Å². The summed E-state index contributed by atoms with van der Waals surface area (Å²) in [6.45, 7) is 1.91. The number of anilines is 1. The minimum absolute atomic E-state index is 0.393. The fourth-order valence-corrected chi connectivity index (χ4v) is 3.17. The SMILES string of the molecule is COc1ccc(NC(=O)C(C#N)(c2ccccc2)c2ccccc2C)cc1. The number of nitrogens with one attached hydrogen (secondary N) is 1. The van der Waals surface area contributed by atoms with Gasteiger partial charge in [0.2, 0.25) is 0 Å². The number of amides is 1. The van der Waals surface area contributed by atoms with E-state index in [1.807, 2.05) is 61.5 Å². The van der Waals surface area contributed by atoms with Crippen molar-refractivity contribution < 1.29 is 9.53 Å². The van der Waals surface area contributed by atoms with Gasteiger partial charge in [0.25, 0.3) is 5.91 Å². The maximum absolute atomic E-state index is 13.4. The van der Waals surface area contributed by atoms with Gasteiger partial charge in [0, 0.05) is 5.69 Å². The smallest absolute Gasteiger partial charge is 0.254 e. The summed E-state index contributed by atoms with van der Waals surface area (Å²) < 4.78 is 5.15. The van der Waals surface area contributed by atoms with E-state index >= 15 is 0 Å². The van der Waals surface area contributed by atoms with Crippen molar-refractivity contribution in [3.63, 3.8) is 0 Å². The molecular weight excluding hydrogens is 336 g/mol. The number of ether oxygens (including phenoxy) is 1. The maximum Gasteiger partial charge on any atom is 0.254 e. The maximum atomic E-state index is 13.4. The number of rotatable bonds is 5. The van der Waals surface area contributed by atoms with Crippen molar-refractivity contribution in [3.05, 3.63) is 95.6 Å². The molecule has 134 valence electrons. The third kappa shape index (κ3) is 3.40. The summed E-state index contributed by atoms with van der Waals surface area (Å²) in [6, 6.07) is 26.0. The first-order chi connectivity index (χ1) is 13.1. The van der Waals surface area contributed by atoms with E-state index in [-0.39, 0.29) is 0 Å². The first-order valence-corrected chi connectivity index (χ1v) is 8.60. The summed E-state index contributed by atoms with van der Waals surface area (Å²) in [5.41, 5.74) is 1.34. The molecule has 0 aliphatic carbocycles. The van der Waals surface area contributed by atoms with Crippen LogP contribution in [0.15, 0.2) is 78.9 Å². The van der Waals surface area contributed by atoms with Crippen LogP contribution in [0.4, 0.5) is 5.69 Å². The lowest BCUT2D eigenvalue weighted by Gasteiger charge is -2.28. The van der Waals surface area contributed by atoms with Crippen LogP contribution in [-0.2, 0) is 10.2 Å². The summed E-state index contributed by atoms with van der Waals surface area (Å²) in [5.74, 6) is 0.303. The Labute approximate surface area is 159 Å². The molecule has 4 nitrogen and oxygen atoms in total. The van der Waals surface area contributed by atoms with Crippen LogP contribution in [0.5, 0.6) is 5.75 Å². The molecule has 0 bridgehead atoms. The highest BCUT2D eigenvalue weighted by Crippen LogP contribution is 2.35. The monoisotopic (exact) mass is 356 g/mol. The molecule has 3 aromatic rings. The Balaban J connectivity index is 2.10. The van der Waals surface area contributed by atoms with E-state index in [0.29, 0.717) is 22.6 Å². The van der Waals surface area contributed by atoms with Crippen molar-refractivity contribution in [2.45, 2.75) is 12.3 Å². The first kappa shape index (κ1) is 18.2. The molecule has 1 amide bonds. The molecule has 27 heavy (non-hydrogen) atoms. The average Bonchev–Trinajstić information content (AvgIpc) is 2.71. The molecule has 0 aromatic heterocycles. The van der Waals surface area contributed by atoms with Crippen molar-refractivity contribution in [2.24, 2.45) is 0 Å². The number of hydrogen-bond donors (Lipinski definition) is 1. The highest BCUT2D eigenvalue weighted by molar-refractivity contribution is 6.04. The zero-order chi connectivity index (χ0) is 19.3. The van der Waals surface area contributed by atoms with Gasteiger partial charge in [-0.15, -0.1) is 0 Å². The second kappa shape index (κ2) is 7.76. The van der Waals surface area contributed by atoms with Gasteiger partial charge in [0.15, 0.2) is 5.41 Å². The second-order valence-electron chi connectivity index (χ2n) is 6.23. The van der Waals surface area contributed by atoms with Crippen LogP contribution in [0.2, 0.25) is 0 Å². The number of benzene rings is 3. The zero-order valence-corrected chi connectivity index (χ0v) is 15.3. The van der Waals surface area contributed by atoms with Crippen molar-refractivity contribution in [3.8, 4) is 11.8 Å². The van der Waals surface area contributed by atoms with Crippen molar-refractivity contribution in [2.75, 3.05) is 12.4 Å². The summed E-state index contributed by atoms with van der Waals surface area (Å²) in [5, 5.41) is 13.1. The quantitative estimate of drug-likeness (QED) is 0.734. The van der Waals surface area contributed by atoms with E-state index in [2.05, 4.69) is 11.4 Å². The molecule has 0 spiro atoms. The van der Waals surface area contributed by atoms with Gasteiger partial charge in [-0.2, -0.15) is 5.26 Å². The number of aryl methyl sites for hydroxylation is 1. The van der Waals surface area contributed by atoms with E-state index in [0.717, 1.165) is 5.56 Å². The van der Waals surface area contributed by atoms with Gasteiger partial charge in [-0.3, -0.25) is 4.79 Å². The third-order valence-electron chi connectivity index (χ3n) is 4.61. The zero-order valence-electron chi connectivity index (χ0n) is 15.3. The first-order valence-electron chi connectivity index (χ1n) is 8.60. The van der Waals surface area contributed by atoms with Gasteiger partial charge in [-0.1, -0.05) is 54.6 Å². The predicted octanol–water partition coefficient (Wildman–Crippen LogP) is 4.45. The minimum atomic E-state index is -1.45. The molecule has 0 saturated carbocycles. The van der Waals surface area contributed by atoms with Crippen molar-refractivity contribution >= 4 is 11.6 Å². The van der Waals surface area contributed by atoms with Gasteiger partial charge in [0.1, 0.15) is 5.75 Å². The van der Waals surface area contributed by atoms with E-state index < -0.39 is 11.3 Å². The molecule has 0 heterocycles. The average molecular weight is 356 g/mol. The van der Waals surface area contributed by atoms with E-state index in [1.165, 1.54) is 0 Å². The van der Waals surface area contributed by atoms with Gasteiger partial charge >= 0.3 is 0 Å². The molecule has 0 radical (unpaired) electrons. The fourth-order valence-electron chi connectivity index (χ4n) is 3.17. The number of nitrogens with zero attached hydrogens (tertiary/aromatic N) is 1. The van der Waals surface area contributed by atoms with Crippen molar-refractivity contribution in [1.82, 2.24) is 0 Å². The van der Waals surface area contributed by atoms with Crippen LogP contribution in [0.25, 0.3) is 0 Å². The lowest BCUT2D eigenvalue weighted by atomic mass is 9.73. The van der Waals surface area contributed by atoms with Gasteiger partial charge < -0.3 is 10.1 Å². The summed E-state index contributed by atoms with van der Waals surface area (Å²) in [6.07, 6.45) is 0. The minimum Gasteiger partial charge on any atom is -0.497 e. The number of nitriles is 1. The molecule has 0 fully saturated rings. The van der Waals surface area contributed by atoms with Crippen LogP contribution >= 0.6 is 0 Å². The highest BCUT2D eigenvalue weighted by Gasteiger charge is 2.43. The van der Waals surface area contributed by atoms with E-state index in [1.54, 1.807) is 31.4 Å². The lowest BCUT2D eigenvalue weighted by molar-refractivity contribution is -0.118. The summed E-state index contributed by atoms with van der Waals surface area (Å²) >= 11 is 0. The summed E-state index contributed by atoms with van der Waals surface area (Å²) in [4.78, 5) is 13.4. The van der Waals surface area contributed by atoms with Crippen LogP contribution in [-0.4, -0.2) is 13.0 Å². The van der Waals surface area contributed by atoms with Crippen molar-refractivity contribution in [1.29, 1.82) is 5.26 Å². The number of carbonyl (C=O) groups excluding carboxylic acids is 1. The lowest BCUT2D eigenvalue weighted by Crippen LogP contribution is -2.40. The molecule has 0 saturated heterocycles. The molecule has 3 aromatic carbocycles. The van der Waals surface area contributed by atoms with Gasteiger partial charge in [-0.05, 0) is 47.9 Å². The standard InChI is InChI=1S/C23H20N2O2/c1-17-8-6-7-11-21(17)23(16-24,18-9-4-3-5-10-18)22(26)25-19-12-14-20(27-2)15-13-19/h3-15H,1-2H3,(H,25,26).